The van der Waals surface area contributed by atoms with E-state index < -0.39 is 5.97 Å². The number of carboxylic acid groups (broad SMARTS) is 1. The summed E-state index contributed by atoms with van der Waals surface area (Å²) in [7, 11) is 0. The minimum atomic E-state index is -1.07. The lowest BCUT2D eigenvalue weighted by Crippen LogP contribution is -2.41. The second kappa shape index (κ2) is 12.9. The molecule has 1 N–H and O–H groups in total. The first-order valence-electron chi connectivity index (χ1n) is 14.8. The number of rotatable bonds is 9. The summed E-state index contributed by atoms with van der Waals surface area (Å²) in [5, 5.41) is 9.41. The minimum absolute atomic E-state index is 0.00608. The summed E-state index contributed by atoms with van der Waals surface area (Å²) in [6, 6.07) is 42.0. The Kier molecular flexibility index (Phi) is 8.41. The van der Waals surface area contributed by atoms with Crippen LogP contribution >= 0.6 is 0 Å². The van der Waals surface area contributed by atoms with Crippen LogP contribution in [0, 0.1) is 5.92 Å². The molecule has 5 aromatic rings. The smallest absolute Gasteiger partial charge is 0.354 e. The summed E-state index contributed by atoms with van der Waals surface area (Å²) < 4.78 is 0. The summed E-state index contributed by atoms with van der Waals surface area (Å²) in [4.78, 5) is 32.3. The molecule has 0 fully saturated rings. The van der Waals surface area contributed by atoms with Gasteiger partial charge in [-0.25, -0.2) is 9.78 Å². The molecule has 1 heterocycles. The Morgan fingerprint density at radius 1 is 0.744 bits per heavy atom. The number of fused-ring (bicyclic) bond motifs is 1. The van der Waals surface area contributed by atoms with Gasteiger partial charge in [-0.15, -0.1) is 0 Å². The van der Waals surface area contributed by atoms with Crippen molar-refractivity contribution in [3.63, 3.8) is 0 Å². The molecular formula is C38H34N2O3. The van der Waals surface area contributed by atoms with Gasteiger partial charge in [-0.2, -0.15) is 0 Å². The molecule has 6 rings (SSSR count). The van der Waals surface area contributed by atoms with Gasteiger partial charge in [0.2, 0.25) is 5.91 Å². The first-order chi connectivity index (χ1) is 21.0. The van der Waals surface area contributed by atoms with Crippen LogP contribution < -0.4 is 0 Å². The predicted octanol–water partition coefficient (Wildman–Crippen LogP) is 7.56. The maximum atomic E-state index is 14.4. The van der Waals surface area contributed by atoms with E-state index in [2.05, 4.69) is 70.5 Å². The Hall–Kier alpha value is -5.03. The van der Waals surface area contributed by atoms with Gasteiger partial charge in [0.1, 0.15) is 5.69 Å². The van der Waals surface area contributed by atoms with E-state index in [1.54, 1.807) is 12.1 Å². The van der Waals surface area contributed by atoms with Crippen molar-refractivity contribution in [1.29, 1.82) is 0 Å². The van der Waals surface area contributed by atoms with Crippen LogP contribution in [0.4, 0.5) is 0 Å². The van der Waals surface area contributed by atoms with Gasteiger partial charge < -0.3 is 10.0 Å². The number of hydrogen-bond donors (Lipinski definition) is 1. The summed E-state index contributed by atoms with van der Waals surface area (Å²) in [6.45, 7) is 0.520. The highest BCUT2D eigenvalue weighted by molar-refractivity contribution is 5.86. The zero-order valence-corrected chi connectivity index (χ0v) is 24.0. The summed E-state index contributed by atoms with van der Waals surface area (Å²) in [5.41, 5.74) is 7.15. The number of amides is 1. The lowest BCUT2D eigenvalue weighted by atomic mass is 9.76. The van der Waals surface area contributed by atoms with E-state index in [9.17, 15) is 14.7 Å². The zero-order valence-electron chi connectivity index (χ0n) is 24.0. The Labute approximate surface area is 252 Å². The molecule has 0 saturated carbocycles. The molecule has 5 heteroatoms. The number of aryl methyl sites for hydroxylation is 1. The average molecular weight is 567 g/mol. The van der Waals surface area contributed by atoms with Crippen molar-refractivity contribution in [2.24, 2.45) is 5.92 Å². The van der Waals surface area contributed by atoms with Gasteiger partial charge in [0.25, 0.3) is 0 Å². The summed E-state index contributed by atoms with van der Waals surface area (Å²) in [5.74, 6) is -0.727. The fourth-order valence-electron chi connectivity index (χ4n) is 6.31. The van der Waals surface area contributed by atoms with Crippen molar-refractivity contribution >= 4 is 11.9 Å². The number of carboxylic acids is 1. The molecule has 0 bridgehead atoms. The van der Waals surface area contributed by atoms with E-state index in [0.717, 1.165) is 36.0 Å². The van der Waals surface area contributed by atoms with Crippen LogP contribution in [-0.4, -0.2) is 26.9 Å². The predicted molar refractivity (Wildman–Crippen MR) is 168 cm³/mol. The molecule has 2 atom stereocenters. The zero-order chi connectivity index (χ0) is 29.6. The van der Waals surface area contributed by atoms with E-state index in [0.29, 0.717) is 12.2 Å². The van der Waals surface area contributed by atoms with Crippen LogP contribution in [0.25, 0.3) is 11.3 Å². The Bertz CT molecular complexity index is 1720. The van der Waals surface area contributed by atoms with Crippen molar-refractivity contribution in [3.05, 3.63) is 161 Å². The van der Waals surface area contributed by atoms with E-state index in [4.69, 9.17) is 0 Å². The second-order valence-electron chi connectivity index (χ2n) is 11.2. The number of benzene rings is 4. The fraction of sp³-hybridized carbons (Fsp3) is 0.184. The van der Waals surface area contributed by atoms with Crippen LogP contribution in [0.5, 0.6) is 0 Å². The highest BCUT2D eigenvalue weighted by Gasteiger charge is 2.36. The molecule has 43 heavy (non-hydrogen) atoms. The van der Waals surface area contributed by atoms with Gasteiger partial charge in [-0.1, -0.05) is 109 Å². The van der Waals surface area contributed by atoms with Gasteiger partial charge in [-0.05, 0) is 71.2 Å². The van der Waals surface area contributed by atoms with E-state index in [1.165, 1.54) is 22.8 Å². The third kappa shape index (κ3) is 6.57. The topological polar surface area (TPSA) is 70.5 Å². The first-order valence-corrected chi connectivity index (χ1v) is 14.8. The lowest BCUT2D eigenvalue weighted by Gasteiger charge is -2.42. The average Bonchev–Trinajstić information content (AvgIpc) is 3.05. The van der Waals surface area contributed by atoms with Crippen LogP contribution in [0.15, 0.2) is 127 Å². The number of hydrogen-bond acceptors (Lipinski definition) is 3. The van der Waals surface area contributed by atoms with Crippen molar-refractivity contribution in [2.45, 2.75) is 38.3 Å². The molecule has 0 spiro atoms. The molecule has 0 saturated heterocycles. The molecule has 1 aliphatic carbocycles. The normalized spacial score (nSPS) is 15.8. The van der Waals surface area contributed by atoms with Crippen molar-refractivity contribution in [1.82, 2.24) is 9.88 Å². The summed E-state index contributed by atoms with van der Waals surface area (Å²) in [6.07, 6.45) is 3.15. The quantitative estimate of drug-likeness (QED) is 0.200. The van der Waals surface area contributed by atoms with Crippen molar-refractivity contribution in [3.8, 4) is 11.3 Å². The SMILES string of the molecule is O=C(O)c1cccc(-c2cccc(CC(=O)N(Cc3ccccc3)[C@@H]3c4ccccc4CC[C@H]3Cc3ccccc3)c2)n1. The van der Waals surface area contributed by atoms with Crippen LogP contribution in [-0.2, 0) is 30.6 Å². The van der Waals surface area contributed by atoms with Crippen LogP contribution in [0.1, 0.15) is 50.8 Å². The van der Waals surface area contributed by atoms with E-state index in [-0.39, 0.29) is 30.0 Å². The molecule has 1 aromatic heterocycles. The number of nitrogens with zero attached hydrogens (tertiary/aromatic N) is 2. The van der Waals surface area contributed by atoms with Gasteiger partial charge in [0, 0.05) is 12.1 Å². The highest BCUT2D eigenvalue weighted by atomic mass is 16.4. The second-order valence-corrected chi connectivity index (χ2v) is 11.2. The first kappa shape index (κ1) is 28.1. The van der Waals surface area contributed by atoms with E-state index >= 15 is 0 Å². The molecule has 5 nitrogen and oxygen atoms in total. The number of aromatic carboxylic acids is 1. The highest BCUT2D eigenvalue weighted by Crippen LogP contribution is 2.41. The summed E-state index contributed by atoms with van der Waals surface area (Å²) >= 11 is 0. The number of aromatic nitrogens is 1. The van der Waals surface area contributed by atoms with E-state index in [1.807, 2.05) is 48.5 Å². The standard InChI is InChI=1S/C38H34N2O3/c41-36(25-29-15-9-17-31(24-29)34-19-10-20-35(39-34)38(42)43)40(26-28-13-5-2-6-14-28)37-32(23-27-11-3-1-4-12-27)22-21-30-16-7-8-18-33(30)37/h1-20,24,32,37H,21-23,25-26H2,(H,42,43)/t32-,37-/m0/s1. The van der Waals surface area contributed by atoms with Gasteiger partial charge in [-0.3, -0.25) is 4.79 Å². The molecule has 1 amide bonds. The largest absolute Gasteiger partial charge is 0.477 e. The maximum Gasteiger partial charge on any atom is 0.354 e. The third-order valence-corrected chi connectivity index (χ3v) is 8.34. The van der Waals surface area contributed by atoms with Gasteiger partial charge in [0.05, 0.1) is 18.2 Å². The number of pyridine rings is 1. The van der Waals surface area contributed by atoms with Crippen LogP contribution in [0.3, 0.4) is 0 Å². The minimum Gasteiger partial charge on any atom is -0.477 e. The Balaban J connectivity index is 1.36. The fourth-order valence-corrected chi connectivity index (χ4v) is 6.31. The number of carbonyl (C=O) groups excluding carboxylic acids is 1. The molecule has 1 aliphatic rings. The molecule has 0 unspecified atom stereocenters. The maximum absolute atomic E-state index is 14.4. The Morgan fingerprint density at radius 3 is 2.19 bits per heavy atom. The van der Waals surface area contributed by atoms with Gasteiger partial charge in [0.15, 0.2) is 0 Å². The Morgan fingerprint density at radius 2 is 1.42 bits per heavy atom. The number of carbonyl (C=O) groups is 2. The van der Waals surface area contributed by atoms with Crippen molar-refractivity contribution < 1.29 is 14.7 Å². The molecular weight excluding hydrogens is 532 g/mol. The molecule has 214 valence electrons. The molecule has 0 aliphatic heterocycles. The third-order valence-electron chi connectivity index (χ3n) is 8.34. The molecule has 4 aromatic carbocycles. The van der Waals surface area contributed by atoms with Crippen molar-refractivity contribution in [2.75, 3.05) is 0 Å². The lowest BCUT2D eigenvalue weighted by molar-refractivity contribution is -0.135. The molecule has 0 radical (unpaired) electrons. The van der Waals surface area contributed by atoms with Crippen LogP contribution in [0.2, 0.25) is 0 Å². The monoisotopic (exact) mass is 566 g/mol. The van der Waals surface area contributed by atoms with Gasteiger partial charge >= 0.3 is 5.97 Å².